The summed E-state index contributed by atoms with van der Waals surface area (Å²) in [6.45, 7) is 6.95. The van der Waals surface area contributed by atoms with Crippen molar-refractivity contribution in [1.29, 1.82) is 0 Å². The fourth-order valence-corrected chi connectivity index (χ4v) is 3.89. The van der Waals surface area contributed by atoms with E-state index in [2.05, 4.69) is 20.4 Å². The smallest absolute Gasteiger partial charge is 0.253 e. The number of nitrogens with zero attached hydrogens (tertiary/aromatic N) is 3. The van der Waals surface area contributed by atoms with Crippen LogP contribution in [0.4, 0.5) is 0 Å². The summed E-state index contributed by atoms with van der Waals surface area (Å²) in [7, 11) is 0. The van der Waals surface area contributed by atoms with Crippen LogP contribution in [0.1, 0.15) is 35.5 Å². The van der Waals surface area contributed by atoms with Crippen LogP contribution in [-0.4, -0.2) is 70.6 Å². The molecule has 7 nitrogen and oxygen atoms in total. The van der Waals surface area contributed by atoms with Gasteiger partial charge in [-0.15, -0.1) is 24.8 Å². The van der Waals surface area contributed by atoms with Crippen LogP contribution in [0.5, 0.6) is 0 Å². The Hall–Kier alpha value is -2.87. The predicted molar refractivity (Wildman–Crippen MR) is 142 cm³/mol. The number of benzene rings is 2. The number of aromatic nitrogens is 2. The van der Waals surface area contributed by atoms with Gasteiger partial charge in [-0.2, -0.15) is 5.10 Å². The minimum Gasteiger partial charge on any atom is -0.353 e. The number of halogens is 2. The first-order valence-electron chi connectivity index (χ1n) is 11.0. The first kappa shape index (κ1) is 27.4. The predicted octanol–water partition coefficient (Wildman–Crippen LogP) is 3.86. The van der Waals surface area contributed by atoms with Gasteiger partial charge < -0.3 is 10.2 Å². The summed E-state index contributed by atoms with van der Waals surface area (Å²) in [6.07, 6.45) is 3.97. The fourth-order valence-electron chi connectivity index (χ4n) is 3.89. The highest BCUT2D eigenvalue weighted by molar-refractivity contribution is 5.95. The number of carbonyl (C=O) groups is 2. The lowest BCUT2D eigenvalue weighted by Crippen LogP contribution is -2.51. The second-order valence-corrected chi connectivity index (χ2v) is 8.40. The molecule has 1 aliphatic rings. The Morgan fingerprint density at radius 3 is 2.35 bits per heavy atom. The number of hydrogen-bond acceptors (Lipinski definition) is 4. The van der Waals surface area contributed by atoms with E-state index in [9.17, 15) is 9.59 Å². The molecule has 1 aliphatic heterocycles. The maximum atomic E-state index is 12.9. The summed E-state index contributed by atoms with van der Waals surface area (Å²) < 4.78 is 0. The number of aromatic amines is 1. The molecule has 1 fully saturated rings. The fraction of sp³-hybridized carbons (Fsp3) is 0.320. The van der Waals surface area contributed by atoms with Crippen LogP contribution in [0, 0.1) is 0 Å². The number of rotatable bonds is 6. The average Bonchev–Trinajstić information content (AvgIpc) is 3.21. The second-order valence-electron chi connectivity index (χ2n) is 8.40. The third-order valence-electron chi connectivity index (χ3n) is 5.57. The molecule has 4 rings (SSSR count). The Morgan fingerprint density at radius 2 is 1.68 bits per heavy atom. The molecule has 0 radical (unpaired) electrons. The van der Waals surface area contributed by atoms with E-state index in [1.165, 1.54) is 0 Å². The van der Waals surface area contributed by atoms with Gasteiger partial charge >= 0.3 is 0 Å². The molecule has 0 bridgehead atoms. The van der Waals surface area contributed by atoms with Crippen molar-refractivity contribution in [3.63, 3.8) is 0 Å². The molecule has 2 heterocycles. The van der Waals surface area contributed by atoms with Crippen molar-refractivity contribution in [2.45, 2.75) is 19.9 Å². The maximum Gasteiger partial charge on any atom is 0.253 e. The van der Waals surface area contributed by atoms with Gasteiger partial charge in [-0.1, -0.05) is 36.4 Å². The van der Waals surface area contributed by atoms with E-state index in [-0.39, 0.29) is 42.7 Å². The molecule has 0 spiro atoms. The van der Waals surface area contributed by atoms with Gasteiger partial charge in [-0.3, -0.25) is 19.6 Å². The van der Waals surface area contributed by atoms with Gasteiger partial charge in [0.05, 0.1) is 17.8 Å². The van der Waals surface area contributed by atoms with Gasteiger partial charge in [0.1, 0.15) is 0 Å². The quantitative estimate of drug-likeness (QED) is 0.535. The van der Waals surface area contributed by atoms with Crippen molar-refractivity contribution in [1.82, 2.24) is 25.3 Å². The van der Waals surface area contributed by atoms with Crippen molar-refractivity contribution in [3.05, 3.63) is 65.4 Å². The highest BCUT2D eigenvalue weighted by Crippen LogP contribution is 2.18. The van der Waals surface area contributed by atoms with Crippen LogP contribution in [0.15, 0.2) is 48.5 Å². The molecule has 0 saturated carbocycles. The van der Waals surface area contributed by atoms with Gasteiger partial charge in [0.15, 0.2) is 0 Å². The Kier molecular flexibility index (Phi) is 10.1. The van der Waals surface area contributed by atoms with Crippen LogP contribution in [-0.2, 0) is 4.79 Å². The molecule has 182 valence electrons. The minimum absolute atomic E-state index is 0. The van der Waals surface area contributed by atoms with Crippen LogP contribution in [0.25, 0.3) is 23.1 Å². The number of piperazine rings is 1. The lowest BCUT2D eigenvalue weighted by atomic mass is 10.1. The van der Waals surface area contributed by atoms with E-state index in [0.29, 0.717) is 38.3 Å². The number of hydrogen-bond donors (Lipinski definition) is 2. The molecule has 0 atom stereocenters. The van der Waals surface area contributed by atoms with Gasteiger partial charge in [-0.25, -0.2) is 0 Å². The van der Waals surface area contributed by atoms with Crippen LogP contribution in [0.3, 0.4) is 0 Å². The third-order valence-corrected chi connectivity index (χ3v) is 5.57. The van der Waals surface area contributed by atoms with Crippen molar-refractivity contribution in [3.8, 4) is 0 Å². The van der Waals surface area contributed by atoms with E-state index in [1.54, 1.807) is 0 Å². The lowest BCUT2D eigenvalue weighted by molar-refractivity contribution is -0.123. The number of fused-ring (bicyclic) bond motifs is 1. The highest BCUT2D eigenvalue weighted by Gasteiger charge is 2.23. The molecule has 3 aromatic rings. The zero-order valence-electron chi connectivity index (χ0n) is 19.4. The van der Waals surface area contributed by atoms with E-state index < -0.39 is 0 Å². The first-order chi connectivity index (χ1) is 15.5. The van der Waals surface area contributed by atoms with Crippen molar-refractivity contribution >= 4 is 59.7 Å². The summed E-state index contributed by atoms with van der Waals surface area (Å²) in [5.74, 6) is 0.0661. The molecule has 0 unspecified atom stereocenters. The molecule has 1 saturated heterocycles. The van der Waals surface area contributed by atoms with Crippen LogP contribution in [0.2, 0.25) is 0 Å². The summed E-state index contributed by atoms with van der Waals surface area (Å²) in [6, 6.07) is 15.8. The summed E-state index contributed by atoms with van der Waals surface area (Å²) in [5.41, 5.74) is 3.59. The number of amides is 2. The van der Waals surface area contributed by atoms with Gasteiger partial charge in [0.25, 0.3) is 5.91 Å². The summed E-state index contributed by atoms with van der Waals surface area (Å²) in [4.78, 5) is 28.8. The number of H-pyrrole nitrogens is 1. The first-order valence-corrected chi connectivity index (χ1v) is 11.0. The number of para-hydroxylation sites is 1. The molecule has 2 N–H and O–H groups in total. The van der Waals surface area contributed by atoms with E-state index >= 15 is 0 Å². The zero-order valence-corrected chi connectivity index (χ0v) is 21.0. The highest BCUT2D eigenvalue weighted by atomic mass is 35.5. The monoisotopic (exact) mass is 503 g/mol. The molecule has 1 aromatic heterocycles. The number of nitrogens with one attached hydrogen (secondary N) is 2. The molecular formula is C25H31Cl2N5O2. The topological polar surface area (TPSA) is 81.3 Å². The van der Waals surface area contributed by atoms with Crippen LogP contribution < -0.4 is 5.32 Å². The van der Waals surface area contributed by atoms with Gasteiger partial charge in [0, 0.05) is 43.2 Å². The van der Waals surface area contributed by atoms with Crippen molar-refractivity contribution in [2.24, 2.45) is 0 Å². The van der Waals surface area contributed by atoms with E-state index in [0.717, 1.165) is 22.2 Å². The van der Waals surface area contributed by atoms with Crippen molar-refractivity contribution in [2.75, 3.05) is 32.7 Å². The summed E-state index contributed by atoms with van der Waals surface area (Å²) in [5, 5.41) is 11.4. The van der Waals surface area contributed by atoms with E-state index in [1.807, 2.05) is 79.4 Å². The molecule has 34 heavy (non-hydrogen) atoms. The minimum atomic E-state index is 0. The average molecular weight is 504 g/mol. The Labute approximate surface area is 212 Å². The Bertz CT molecular complexity index is 1120. The molecule has 2 aromatic carbocycles. The third kappa shape index (κ3) is 6.82. The molecule has 9 heteroatoms. The molecular weight excluding hydrogens is 473 g/mol. The Morgan fingerprint density at radius 1 is 1.00 bits per heavy atom. The molecule has 0 aliphatic carbocycles. The largest absolute Gasteiger partial charge is 0.353 e. The standard InChI is InChI=1S/C25H29N5O2.2ClH/c1-18(2)26-24(31)17-29-13-15-30(16-14-29)25(32)20-10-7-19(8-11-20)9-12-23-21-5-3-4-6-22(21)27-28-23;;/h3-12,18H,13-17H2,1-2H3,(H,26,31)(H,27,28);2*1H. The van der Waals surface area contributed by atoms with Crippen molar-refractivity contribution < 1.29 is 9.59 Å². The second kappa shape index (κ2) is 12.6. The molecule has 2 amide bonds. The maximum absolute atomic E-state index is 12.9. The number of carbonyl (C=O) groups excluding carboxylic acids is 2. The zero-order chi connectivity index (χ0) is 22.5. The Balaban J connectivity index is 0.00000204. The SMILES string of the molecule is CC(C)NC(=O)CN1CCN(C(=O)c2ccc(C=Cc3n[nH]c4ccccc34)cc2)CC1.Cl.Cl. The van der Waals surface area contributed by atoms with Gasteiger partial charge in [0.2, 0.25) is 5.91 Å². The lowest BCUT2D eigenvalue weighted by Gasteiger charge is -2.34. The summed E-state index contributed by atoms with van der Waals surface area (Å²) >= 11 is 0. The van der Waals surface area contributed by atoms with Crippen LogP contribution >= 0.6 is 24.8 Å². The van der Waals surface area contributed by atoms with Gasteiger partial charge in [-0.05, 0) is 43.7 Å². The normalized spacial score (nSPS) is 14.1. The van der Waals surface area contributed by atoms with E-state index in [4.69, 9.17) is 0 Å².